The highest BCUT2D eigenvalue weighted by molar-refractivity contribution is 5.97. The van der Waals surface area contributed by atoms with E-state index in [0.29, 0.717) is 17.9 Å². The molecule has 1 unspecified atom stereocenters. The molecule has 1 aliphatic carbocycles. The van der Waals surface area contributed by atoms with Gasteiger partial charge in [-0.3, -0.25) is 9.59 Å². The summed E-state index contributed by atoms with van der Waals surface area (Å²) >= 11 is 0. The molecule has 1 spiro atoms. The monoisotopic (exact) mass is 561 g/mol. The molecule has 2 aromatic rings. The number of aliphatic imine (C=N–C) groups is 2. The number of carbonyl (C=O) groups is 2. The zero-order valence-corrected chi connectivity index (χ0v) is 22.8. The first-order chi connectivity index (χ1) is 19.8. The van der Waals surface area contributed by atoms with Gasteiger partial charge < -0.3 is 42.2 Å². The normalized spacial score (nSPS) is 27.9. The molecule has 6 rings (SSSR count). The molecular formula is C28H35N9O4. The Bertz CT molecular complexity index is 1410. The van der Waals surface area contributed by atoms with Gasteiger partial charge in [0.15, 0.2) is 17.6 Å². The molecule has 1 aromatic carbocycles. The lowest BCUT2D eigenvalue weighted by atomic mass is 9.87. The van der Waals surface area contributed by atoms with Crippen LogP contribution in [-0.2, 0) is 12.8 Å². The average molecular weight is 562 g/mol. The van der Waals surface area contributed by atoms with Crippen molar-refractivity contribution in [3.63, 3.8) is 0 Å². The second-order valence-electron chi connectivity index (χ2n) is 10.8. The Morgan fingerprint density at radius 2 is 2.00 bits per heavy atom. The number of fused-ring (bicyclic) bond motifs is 1. The molecule has 8 N–H and O–H groups in total. The Morgan fingerprint density at radius 1 is 1.17 bits per heavy atom. The van der Waals surface area contributed by atoms with Gasteiger partial charge in [0.05, 0.1) is 24.9 Å². The lowest BCUT2D eigenvalue weighted by Gasteiger charge is -2.46. The highest BCUT2D eigenvalue weighted by Crippen LogP contribution is 2.40. The Labute approximate surface area is 237 Å². The molecule has 0 saturated carbocycles. The predicted octanol–water partition coefficient (Wildman–Crippen LogP) is -0.756. The molecular weight excluding hydrogens is 526 g/mol. The number of ether oxygens (including phenoxy) is 1. The third-order valence-corrected chi connectivity index (χ3v) is 8.36. The van der Waals surface area contributed by atoms with Gasteiger partial charge in [-0.1, -0.05) is 12.1 Å². The number of pyridine rings is 1. The van der Waals surface area contributed by atoms with Crippen LogP contribution < -0.4 is 32.2 Å². The van der Waals surface area contributed by atoms with Crippen LogP contribution in [0.3, 0.4) is 0 Å². The maximum absolute atomic E-state index is 13.5. The van der Waals surface area contributed by atoms with Crippen LogP contribution in [0.4, 0.5) is 0 Å². The Balaban J connectivity index is 1.19. The number of rotatable bonds is 7. The molecule has 41 heavy (non-hydrogen) atoms. The first kappa shape index (κ1) is 26.8. The number of hydrogen-bond acceptors (Lipinski definition) is 11. The van der Waals surface area contributed by atoms with Crippen molar-refractivity contribution in [1.29, 1.82) is 0 Å². The van der Waals surface area contributed by atoms with Crippen LogP contribution in [0.15, 0.2) is 46.5 Å². The molecule has 13 heteroatoms. The summed E-state index contributed by atoms with van der Waals surface area (Å²) in [4.78, 5) is 41.3. The predicted molar refractivity (Wildman–Crippen MR) is 151 cm³/mol. The van der Waals surface area contributed by atoms with Crippen molar-refractivity contribution < 1.29 is 19.4 Å². The lowest BCUT2D eigenvalue weighted by Crippen LogP contribution is -2.73. The zero-order chi connectivity index (χ0) is 28.7. The smallest absolute Gasteiger partial charge is 0.269 e. The number of nitrogens with zero attached hydrogens (tertiary/aromatic N) is 4. The third kappa shape index (κ3) is 4.59. The minimum absolute atomic E-state index is 0.0764. The number of aromatic nitrogens is 1. The molecule has 0 bridgehead atoms. The standard InChI is InChI=1S/C28H35N9O4/c1-2-41-16-10-11-19(31-12-16)25(40)32-13-20-22-28(36-26(29)35-22)23(38)21(14-37(28)27(30)34-20)33-24(39)18-9-5-7-15-6-3-4-8-17(15)18/h5,7,9-12,20-23,38H,2-4,6,8,13-14H2,1H3,(H2,30,34)(H,32,40)(H,33,39)(H3,29,35,36)/t20-,21?,22-,23+,28-/m0/s1. The summed E-state index contributed by atoms with van der Waals surface area (Å²) in [6.07, 6.45) is 4.34. The quantitative estimate of drug-likeness (QED) is 0.252. The molecule has 5 atom stereocenters. The van der Waals surface area contributed by atoms with Gasteiger partial charge in [0, 0.05) is 18.7 Å². The van der Waals surface area contributed by atoms with E-state index in [4.69, 9.17) is 16.2 Å². The highest BCUT2D eigenvalue weighted by atomic mass is 16.5. The Morgan fingerprint density at radius 3 is 2.78 bits per heavy atom. The molecule has 0 radical (unpaired) electrons. The largest absolute Gasteiger partial charge is 0.492 e. The van der Waals surface area contributed by atoms with E-state index in [1.54, 1.807) is 17.0 Å². The van der Waals surface area contributed by atoms with Crippen LogP contribution in [0.25, 0.3) is 0 Å². The van der Waals surface area contributed by atoms with E-state index < -0.39 is 35.8 Å². The topological polar surface area (TPSA) is 193 Å². The third-order valence-electron chi connectivity index (χ3n) is 8.36. The van der Waals surface area contributed by atoms with Crippen LogP contribution in [0.1, 0.15) is 51.7 Å². The fraction of sp³-hybridized carbons (Fsp3) is 0.464. The van der Waals surface area contributed by atoms with E-state index in [1.807, 2.05) is 19.1 Å². The van der Waals surface area contributed by atoms with Gasteiger partial charge in [0.25, 0.3) is 11.8 Å². The molecule has 1 saturated heterocycles. The van der Waals surface area contributed by atoms with Crippen molar-refractivity contribution in [2.24, 2.45) is 21.5 Å². The summed E-state index contributed by atoms with van der Waals surface area (Å²) in [7, 11) is 0. The number of hydrogen-bond donors (Lipinski definition) is 6. The minimum atomic E-state index is -1.23. The van der Waals surface area contributed by atoms with Crippen molar-refractivity contribution in [1.82, 2.24) is 25.8 Å². The van der Waals surface area contributed by atoms with Gasteiger partial charge in [-0.15, -0.1) is 0 Å². The van der Waals surface area contributed by atoms with Gasteiger partial charge >= 0.3 is 0 Å². The summed E-state index contributed by atoms with van der Waals surface area (Å²) in [5, 5.41) is 20.7. The number of nitrogens with two attached hydrogens (primary N) is 2. The molecule has 13 nitrogen and oxygen atoms in total. The minimum Gasteiger partial charge on any atom is -0.492 e. The van der Waals surface area contributed by atoms with Crippen LogP contribution >= 0.6 is 0 Å². The van der Waals surface area contributed by atoms with E-state index in [9.17, 15) is 14.7 Å². The van der Waals surface area contributed by atoms with E-state index >= 15 is 0 Å². The van der Waals surface area contributed by atoms with E-state index in [2.05, 4.69) is 37.0 Å². The number of carbonyl (C=O) groups excluding carboxylic acids is 2. The van der Waals surface area contributed by atoms with Crippen molar-refractivity contribution in [3.8, 4) is 5.75 Å². The molecule has 2 amide bonds. The maximum atomic E-state index is 13.5. The van der Waals surface area contributed by atoms with Crippen molar-refractivity contribution in [2.75, 3.05) is 19.7 Å². The second-order valence-corrected chi connectivity index (χ2v) is 10.8. The highest BCUT2D eigenvalue weighted by Gasteiger charge is 2.65. The number of amides is 2. The summed E-state index contributed by atoms with van der Waals surface area (Å²) < 4.78 is 5.38. The number of aliphatic hydroxyl groups is 1. The molecule has 216 valence electrons. The first-order valence-corrected chi connectivity index (χ1v) is 14.0. The Hall–Kier alpha value is -4.39. The van der Waals surface area contributed by atoms with Crippen LogP contribution in [-0.4, -0.2) is 88.3 Å². The number of aliphatic hydroxyl groups excluding tert-OH is 1. The maximum Gasteiger partial charge on any atom is 0.269 e. The number of guanidine groups is 2. The van der Waals surface area contributed by atoms with Crippen molar-refractivity contribution in [3.05, 3.63) is 58.9 Å². The fourth-order valence-electron chi connectivity index (χ4n) is 6.50. The van der Waals surface area contributed by atoms with Crippen molar-refractivity contribution in [2.45, 2.75) is 62.5 Å². The number of nitrogens with one attached hydrogen (secondary N) is 3. The van der Waals surface area contributed by atoms with Crippen LogP contribution in [0.5, 0.6) is 5.75 Å². The van der Waals surface area contributed by atoms with Gasteiger partial charge in [0.2, 0.25) is 0 Å². The summed E-state index contributed by atoms with van der Waals surface area (Å²) in [5.41, 5.74) is 14.4. The molecule has 4 aliphatic rings. The zero-order valence-electron chi connectivity index (χ0n) is 22.8. The molecule has 3 aliphatic heterocycles. The average Bonchev–Trinajstić information content (AvgIpc) is 3.47. The first-order valence-electron chi connectivity index (χ1n) is 14.0. The number of aryl methyl sites for hydroxylation is 1. The molecule has 4 heterocycles. The molecule has 1 fully saturated rings. The van der Waals surface area contributed by atoms with Crippen molar-refractivity contribution >= 4 is 23.7 Å². The molecule has 1 aromatic heterocycles. The van der Waals surface area contributed by atoms with E-state index in [0.717, 1.165) is 31.2 Å². The van der Waals surface area contributed by atoms with Gasteiger partial charge in [-0.2, -0.15) is 0 Å². The SMILES string of the molecule is CCOc1ccc(C(=O)NC[C@@H]2N=C(N)N3CC(NC(=O)c4cccc5c4CCCC5)[C@@H](O)[C@@]34NC(N)=N[C@@H]24)nc1. The van der Waals surface area contributed by atoms with Gasteiger partial charge in [-0.05, 0) is 61.9 Å². The Kier molecular flexibility index (Phi) is 6.89. The second kappa shape index (κ2) is 10.5. The fourth-order valence-corrected chi connectivity index (χ4v) is 6.50. The van der Waals surface area contributed by atoms with E-state index in [-0.39, 0.29) is 36.6 Å². The summed E-state index contributed by atoms with van der Waals surface area (Å²) in [6.45, 7) is 2.65. The lowest BCUT2D eigenvalue weighted by molar-refractivity contribution is 0.0144. The number of benzene rings is 1. The van der Waals surface area contributed by atoms with Crippen LogP contribution in [0, 0.1) is 0 Å². The van der Waals surface area contributed by atoms with Gasteiger partial charge in [0.1, 0.15) is 23.6 Å². The summed E-state index contributed by atoms with van der Waals surface area (Å²) in [6, 6.07) is 7.08. The van der Waals surface area contributed by atoms with Crippen LogP contribution in [0.2, 0.25) is 0 Å². The van der Waals surface area contributed by atoms with Gasteiger partial charge in [-0.25, -0.2) is 15.0 Å². The summed E-state index contributed by atoms with van der Waals surface area (Å²) in [5.74, 6) is 0.211. The van der Waals surface area contributed by atoms with E-state index in [1.165, 1.54) is 11.8 Å².